The van der Waals surface area contributed by atoms with E-state index >= 15 is 4.39 Å². The van der Waals surface area contributed by atoms with E-state index in [1.165, 1.54) is 63.1 Å². The van der Waals surface area contributed by atoms with Crippen molar-refractivity contribution >= 4 is 51.9 Å². The number of hydrogen-bond donors (Lipinski definition) is 1. The number of nitro benzene ring substituents is 1. The summed E-state index contributed by atoms with van der Waals surface area (Å²) in [4.78, 5) is 53.3. The fraction of sp³-hybridized carbons (Fsp3) is 0.425. The van der Waals surface area contributed by atoms with Crippen molar-refractivity contribution in [1.82, 2.24) is 24.8 Å². The Bertz CT molecular complexity index is 2190. The van der Waals surface area contributed by atoms with Crippen molar-refractivity contribution < 1.29 is 46.3 Å². The average Bonchev–Trinajstić information content (AvgIpc) is 3.67. The van der Waals surface area contributed by atoms with Gasteiger partial charge >= 0.3 is 18.3 Å². The number of methoxy groups -OCH3 is 1. The van der Waals surface area contributed by atoms with Crippen LogP contribution in [0.1, 0.15) is 52.2 Å². The predicted octanol–water partition coefficient (Wildman–Crippen LogP) is 8.49. The van der Waals surface area contributed by atoms with Crippen molar-refractivity contribution in [1.29, 1.82) is 0 Å². The molecule has 2 saturated heterocycles. The molecule has 0 radical (unpaired) electrons. The number of likely N-dealkylation sites (tertiary alicyclic amines) is 1. The van der Waals surface area contributed by atoms with Crippen LogP contribution in [0.4, 0.5) is 39.7 Å². The number of carbonyl (C=O) groups is 2. The molecule has 4 heterocycles. The van der Waals surface area contributed by atoms with E-state index in [1.807, 2.05) is 13.8 Å². The molecule has 1 amide bonds. The van der Waals surface area contributed by atoms with Crippen LogP contribution in [0.5, 0.6) is 11.8 Å². The minimum Gasteiger partial charge on any atom is -0.467 e. The maximum atomic E-state index is 16.3. The second-order valence-electron chi connectivity index (χ2n) is 13.4. The minimum atomic E-state index is -4.91. The third-order valence-electron chi connectivity index (χ3n) is 9.21. The molecular formula is C40H49ClF4N8O7. The molecule has 2 aliphatic heterocycles. The Kier molecular flexibility index (Phi) is 16.9. The van der Waals surface area contributed by atoms with Crippen molar-refractivity contribution in [3.63, 3.8) is 0 Å². The van der Waals surface area contributed by atoms with Gasteiger partial charge in [0, 0.05) is 48.8 Å². The van der Waals surface area contributed by atoms with Crippen molar-refractivity contribution in [3.8, 4) is 23.0 Å². The Hall–Kier alpha value is -5.82. The molecule has 0 saturated carbocycles. The first-order chi connectivity index (χ1) is 27.9. The quantitative estimate of drug-likeness (QED) is 0.0445. The number of nitrogen functional groups attached to an aromatic ring is 1. The van der Waals surface area contributed by atoms with Crippen LogP contribution in [0.3, 0.4) is 0 Å². The van der Waals surface area contributed by atoms with Crippen LogP contribution in [0.2, 0.25) is 5.02 Å². The largest absolute Gasteiger partial charge is 0.514 e. The number of rotatable bonds is 8. The summed E-state index contributed by atoms with van der Waals surface area (Å²) in [5.74, 6) is -1.87. The number of anilines is 2. The van der Waals surface area contributed by atoms with Gasteiger partial charge in [0.1, 0.15) is 29.5 Å². The zero-order valence-corrected chi connectivity index (χ0v) is 34.1. The molecule has 2 aromatic heterocycles. The lowest BCUT2D eigenvalue weighted by molar-refractivity contribution is -0.384. The van der Waals surface area contributed by atoms with E-state index in [9.17, 15) is 32.9 Å². The molecule has 15 nitrogen and oxygen atoms in total. The van der Waals surface area contributed by atoms with Gasteiger partial charge in [-0.15, -0.1) is 0 Å². The lowest BCUT2D eigenvalue weighted by Gasteiger charge is -2.41. The monoisotopic (exact) mass is 864 g/mol. The Morgan fingerprint density at radius 3 is 2.23 bits per heavy atom. The van der Waals surface area contributed by atoms with Crippen LogP contribution in [-0.2, 0) is 15.7 Å². The average molecular weight is 865 g/mol. The second-order valence-corrected chi connectivity index (χ2v) is 13.8. The summed E-state index contributed by atoms with van der Waals surface area (Å²) in [6.07, 6.45) is -3.25. The summed E-state index contributed by atoms with van der Waals surface area (Å²) in [7, 11) is 3.41. The first-order valence-corrected chi connectivity index (χ1v) is 18.9. The van der Waals surface area contributed by atoms with Gasteiger partial charge in [0.15, 0.2) is 5.82 Å². The van der Waals surface area contributed by atoms with Gasteiger partial charge in [-0.2, -0.15) is 23.1 Å². The van der Waals surface area contributed by atoms with Gasteiger partial charge in [0.2, 0.25) is 0 Å². The highest BCUT2D eigenvalue weighted by molar-refractivity contribution is 6.34. The van der Waals surface area contributed by atoms with E-state index in [0.29, 0.717) is 0 Å². The number of nitrogens with two attached hydrogens (primary N) is 1. The number of piperazine rings is 1. The number of non-ortho nitro benzene ring substituents is 1. The van der Waals surface area contributed by atoms with E-state index in [1.54, 1.807) is 11.8 Å². The molecule has 2 aromatic carbocycles. The number of hydrogen-bond acceptors (Lipinski definition) is 13. The number of aromatic nitrogens is 3. The van der Waals surface area contributed by atoms with Gasteiger partial charge < -0.3 is 34.6 Å². The third kappa shape index (κ3) is 11.5. The molecule has 4 aromatic rings. The molecule has 2 aliphatic rings. The Morgan fingerprint density at radius 1 is 1.07 bits per heavy atom. The number of alkyl halides is 3. The number of benzene rings is 2. The molecule has 0 unspecified atom stereocenters. The number of nitro groups is 1. The van der Waals surface area contributed by atoms with Gasteiger partial charge in [0.05, 0.1) is 33.9 Å². The first-order valence-electron chi connectivity index (χ1n) is 18.5. The smallest absolute Gasteiger partial charge is 0.467 e. The van der Waals surface area contributed by atoms with E-state index in [-0.39, 0.29) is 78.2 Å². The number of amides is 1. The number of halogens is 5. The van der Waals surface area contributed by atoms with E-state index < -0.39 is 63.5 Å². The summed E-state index contributed by atoms with van der Waals surface area (Å²) < 4.78 is 73.9. The van der Waals surface area contributed by atoms with Gasteiger partial charge in [-0.3, -0.25) is 14.9 Å². The number of aryl methyl sites for hydroxylation is 1. The standard InChI is InChI=1S/C32H28ClF4N7O7.C5H11N.C2H6.CH4/c1-15-11-22(38)39-27(24(15)32(35,36)37)23-21(33)12-20-26(25(23)34)40-30(49-4)41-28(20)43-10-9-42(13-17(43)3)29(45)16(2)14-50-31(46)51-19-7-5-18(6-8-19)44(47)48;1-6-4-2-3-5-6;1-2;/h5-8,11-12,17H,2,9-10,13-14H2,1,3-4H3,(H2,38,39);2-5H2,1H3;1-2H3;1H4/t17-;;;/m0.../s1. The molecule has 2 fully saturated rings. The second kappa shape index (κ2) is 20.9. The maximum absolute atomic E-state index is 16.3. The number of carbonyl (C=O) groups excluding carboxylic acids is 2. The Morgan fingerprint density at radius 2 is 1.70 bits per heavy atom. The molecular weight excluding hydrogens is 816 g/mol. The van der Waals surface area contributed by atoms with Crippen LogP contribution in [0.25, 0.3) is 22.2 Å². The molecule has 0 bridgehead atoms. The molecule has 2 N–H and O–H groups in total. The predicted molar refractivity (Wildman–Crippen MR) is 221 cm³/mol. The van der Waals surface area contributed by atoms with Crippen LogP contribution in [0.15, 0.2) is 48.6 Å². The Balaban J connectivity index is 0.000000967. The minimum absolute atomic E-state index is 0. The molecule has 20 heteroatoms. The summed E-state index contributed by atoms with van der Waals surface area (Å²) >= 11 is 6.48. The highest BCUT2D eigenvalue weighted by Gasteiger charge is 2.39. The van der Waals surface area contributed by atoms with Crippen LogP contribution in [0, 0.1) is 22.9 Å². The lowest BCUT2D eigenvalue weighted by Crippen LogP contribution is -2.54. The van der Waals surface area contributed by atoms with Crippen molar-refractivity contribution in [2.75, 3.05) is 64.1 Å². The third-order valence-corrected chi connectivity index (χ3v) is 9.51. The number of nitrogens with zero attached hydrogens (tertiary/aromatic N) is 7. The van der Waals surface area contributed by atoms with Crippen molar-refractivity contribution in [2.24, 2.45) is 0 Å². The molecule has 60 heavy (non-hydrogen) atoms. The normalized spacial score (nSPS) is 15.2. The van der Waals surface area contributed by atoms with Gasteiger partial charge in [-0.1, -0.05) is 39.5 Å². The molecule has 0 spiro atoms. The van der Waals surface area contributed by atoms with Crippen LogP contribution in [-0.4, -0.2) is 101 Å². The Labute approximate surface area is 350 Å². The highest BCUT2D eigenvalue weighted by Crippen LogP contribution is 2.44. The van der Waals surface area contributed by atoms with Crippen LogP contribution >= 0.6 is 11.6 Å². The summed E-state index contributed by atoms with van der Waals surface area (Å²) in [6.45, 7) is 13.1. The summed E-state index contributed by atoms with van der Waals surface area (Å²) in [6, 6.07) is 6.21. The number of fused-ring (bicyclic) bond motifs is 1. The van der Waals surface area contributed by atoms with Crippen molar-refractivity contribution in [3.05, 3.63) is 80.6 Å². The zero-order chi connectivity index (χ0) is 43.8. The highest BCUT2D eigenvalue weighted by atomic mass is 35.5. The molecule has 0 aliphatic carbocycles. The topological polar surface area (TPSA) is 179 Å². The van der Waals surface area contributed by atoms with Gasteiger partial charge in [0.25, 0.3) is 11.6 Å². The SMILES string of the molecule is C.C=C(COC(=O)Oc1ccc([N+](=O)[O-])cc1)C(=O)N1CCN(c2nc(OC)nc3c(F)c(-c4nc(N)cc(C)c4C(F)(F)F)c(Cl)cc23)[C@@H](C)C1.CC.CN1CCCC1. The first kappa shape index (κ1) is 48.5. The van der Waals surface area contributed by atoms with E-state index in [4.69, 9.17) is 31.5 Å². The maximum Gasteiger partial charge on any atom is 0.514 e. The molecule has 326 valence electrons. The van der Waals surface area contributed by atoms with Gasteiger partial charge in [-0.25, -0.2) is 14.2 Å². The molecule has 1 atom stereocenters. The fourth-order valence-corrected chi connectivity index (χ4v) is 6.73. The number of ether oxygens (including phenoxy) is 3. The van der Waals surface area contributed by atoms with Gasteiger partial charge in [-0.05, 0) is 76.7 Å². The lowest BCUT2D eigenvalue weighted by atomic mass is 9.98. The molecule has 6 rings (SSSR count). The number of pyridine rings is 1. The van der Waals surface area contributed by atoms with E-state index in [0.717, 1.165) is 18.2 Å². The van der Waals surface area contributed by atoms with E-state index in [2.05, 4.69) is 33.5 Å². The summed E-state index contributed by atoms with van der Waals surface area (Å²) in [5, 5.41) is 10.5. The zero-order valence-electron chi connectivity index (χ0n) is 33.4. The van der Waals surface area contributed by atoms with Crippen LogP contribution < -0.4 is 20.1 Å². The fourth-order valence-electron chi connectivity index (χ4n) is 6.45. The summed E-state index contributed by atoms with van der Waals surface area (Å²) in [5.41, 5.74) is 2.15. The van der Waals surface area contributed by atoms with Crippen molar-refractivity contribution in [2.45, 2.75) is 60.2 Å².